The van der Waals surface area contributed by atoms with Gasteiger partial charge in [-0.15, -0.1) is 0 Å². The maximum atomic E-state index is 12.7. The van der Waals surface area contributed by atoms with Gasteiger partial charge in [-0.1, -0.05) is 30.0 Å². The Kier molecular flexibility index (Phi) is 5.27. The van der Waals surface area contributed by atoms with Crippen molar-refractivity contribution < 1.29 is 18.0 Å². The van der Waals surface area contributed by atoms with E-state index in [1.165, 1.54) is 16.1 Å². The first-order valence-electron chi connectivity index (χ1n) is 8.00. The lowest BCUT2D eigenvalue weighted by Crippen LogP contribution is -2.48. The van der Waals surface area contributed by atoms with Crippen molar-refractivity contribution >= 4 is 32.8 Å². The molecular formula is C16H20N2O4S2. The Morgan fingerprint density at radius 3 is 2.62 bits per heavy atom. The standard InChI is InChI=1S/C16H20N2O4S2/c19-15(17-14-8-10-23-16(14)20)12-5-4-9-18(11-12)24(21,22)13-6-2-1-3-7-13/h1-3,6-7,12,14H,4-5,8-11H2,(H,17,19). The van der Waals surface area contributed by atoms with Gasteiger partial charge in [0.15, 0.2) is 0 Å². The Morgan fingerprint density at radius 1 is 1.21 bits per heavy atom. The number of nitrogens with zero attached hydrogens (tertiary/aromatic N) is 1. The van der Waals surface area contributed by atoms with Gasteiger partial charge in [0.05, 0.1) is 16.9 Å². The molecule has 130 valence electrons. The second-order valence-corrected chi connectivity index (χ2v) is 9.07. The average Bonchev–Trinajstić information content (AvgIpc) is 3.00. The maximum Gasteiger partial charge on any atom is 0.243 e. The summed E-state index contributed by atoms with van der Waals surface area (Å²) in [5, 5.41) is 2.77. The SMILES string of the molecule is O=C(NC1CCSC1=O)C1CCCN(S(=O)(=O)c2ccccc2)C1. The quantitative estimate of drug-likeness (QED) is 0.864. The van der Waals surface area contributed by atoms with E-state index >= 15 is 0 Å². The third-order valence-electron chi connectivity index (χ3n) is 4.39. The fourth-order valence-corrected chi connectivity index (χ4v) is 5.51. The van der Waals surface area contributed by atoms with Gasteiger partial charge in [0.2, 0.25) is 21.0 Å². The first-order chi connectivity index (χ1) is 11.5. The molecule has 0 aromatic heterocycles. The second-order valence-electron chi connectivity index (χ2n) is 6.03. The lowest BCUT2D eigenvalue weighted by molar-refractivity contribution is -0.128. The molecule has 2 aliphatic rings. The highest BCUT2D eigenvalue weighted by Gasteiger charge is 2.35. The molecule has 1 aromatic carbocycles. The molecule has 0 bridgehead atoms. The van der Waals surface area contributed by atoms with E-state index in [-0.39, 0.29) is 22.5 Å². The highest BCUT2D eigenvalue weighted by atomic mass is 32.2. The molecule has 1 aromatic rings. The van der Waals surface area contributed by atoms with Gasteiger partial charge in [0.25, 0.3) is 0 Å². The summed E-state index contributed by atoms with van der Waals surface area (Å²) in [5.41, 5.74) is 0. The van der Waals surface area contributed by atoms with Crippen LogP contribution in [-0.4, -0.2) is 48.6 Å². The molecule has 2 heterocycles. The highest BCUT2D eigenvalue weighted by molar-refractivity contribution is 8.14. The summed E-state index contributed by atoms with van der Waals surface area (Å²) in [6.45, 7) is 0.580. The summed E-state index contributed by atoms with van der Waals surface area (Å²) in [6.07, 6.45) is 1.92. The van der Waals surface area contributed by atoms with Gasteiger partial charge in [-0.25, -0.2) is 8.42 Å². The zero-order valence-corrected chi connectivity index (χ0v) is 14.8. The van der Waals surface area contributed by atoms with Crippen LogP contribution in [0.15, 0.2) is 35.2 Å². The van der Waals surface area contributed by atoms with E-state index in [0.717, 1.165) is 5.75 Å². The molecule has 2 saturated heterocycles. The van der Waals surface area contributed by atoms with Gasteiger partial charge in [-0.05, 0) is 31.4 Å². The number of hydrogen-bond acceptors (Lipinski definition) is 5. The topological polar surface area (TPSA) is 83.6 Å². The van der Waals surface area contributed by atoms with Crippen LogP contribution in [0.1, 0.15) is 19.3 Å². The van der Waals surface area contributed by atoms with Gasteiger partial charge in [0.1, 0.15) is 0 Å². The molecule has 0 radical (unpaired) electrons. The average molecular weight is 368 g/mol. The van der Waals surface area contributed by atoms with E-state index in [1.807, 2.05) is 0 Å². The van der Waals surface area contributed by atoms with Crippen molar-refractivity contribution in [3.8, 4) is 0 Å². The molecule has 8 heteroatoms. The molecule has 0 spiro atoms. The van der Waals surface area contributed by atoms with Crippen molar-refractivity contribution in [2.45, 2.75) is 30.2 Å². The Labute approximate surface area is 146 Å². The summed E-state index contributed by atoms with van der Waals surface area (Å²) >= 11 is 1.24. The molecule has 1 N–H and O–H groups in total. The predicted molar refractivity (Wildman–Crippen MR) is 91.9 cm³/mol. The van der Waals surface area contributed by atoms with Crippen LogP contribution in [0.4, 0.5) is 0 Å². The summed E-state index contributed by atoms with van der Waals surface area (Å²) < 4.78 is 26.8. The summed E-state index contributed by atoms with van der Waals surface area (Å²) in [5.74, 6) is 0.0996. The third kappa shape index (κ3) is 3.65. The molecule has 1 amide bonds. The number of nitrogens with one attached hydrogen (secondary N) is 1. The summed E-state index contributed by atoms with van der Waals surface area (Å²) in [4.78, 5) is 24.3. The monoisotopic (exact) mass is 368 g/mol. The molecule has 2 atom stereocenters. The van der Waals surface area contributed by atoms with E-state index in [0.29, 0.717) is 25.8 Å². The number of carbonyl (C=O) groups excluding carboxylic acids is 2. The van der Waals surface area contributed by atoms with Crippen molar-refractivity contribution in [3.05, 3.63) is 30.3 Å². The molecule has 2 aliphatic heterocycles. The van der Waals surface area contributed by atoms with Crippen molar-refractivity contribution in [2.24, 2.45) is 5.92 Å². The van der Waals surface area contributed by atoms with E-state index in [9.17, 15) is 18.0 Å². The number of thioether (sulfide) groups is 1. The van der Waals surface area contributed by atoms with Crippen molar-refractivity contribution in [3.63, 3.8) is 0 Å². The number of benzene rings is 1. The van der Waals surface area contributed by atoms with Crippen LogP contribution in [0.3, 0.4) is 0 Å². The predicted octanol–water partition coefficient (Wildman–Crippen LogP) is 1.24. The number of rotatable bonds is 4. The van der Waals surface area contributed by atoms with Gasteiger partial charge in [-0.3, -0.25) is 9.59 Å². The lowest BCUT2D eigenvalue weighted by atomic mass is 9.98. The number of amides is 1. The zero-order valence-electron chi connectivity index (χ0n) is 13.2. The van der Waals surface area contributed by atoms with E-state index in [1.54, 1.807) is 30.3 Å². The van der Waals surface area contributed by atoms with Gasteiger partial charge < -0.3 is 5.32 Å². The van der Waals surface area contributed by atoms with E-state index in [2.05, 4.69) is 5.32 Å². The minimum atomic E-state index is -3.58. The van der Waals surface area contributed by atoms with Crippen LogP contribution >= 0.6 is 11.8 Å². The van der Waals surface area contributed by atoms with Gasteiger partial charge in [0, 0.05) is 18.8 Å². The second kappa shape index (κ2) is 7.25. The minimum absolute atomic E-state index is 0.00655. The van der Waals surface area contributed by atoms with Crippen molar-refractivity contribution in [2.75, 3.05) is 18.8 Å². The first kappa shape index (κ1) is 17.4. The number of carbonyl (C=O) groups is 2. The van der Waals surface area contributed by atoms with E-state index in [4.69, 9.17) is 0 Å². The Morgan fingerprint density at radius 2 is 1.96 bits per heavy atom. The summed E-state index contributed by atoms with van der Waals surface area (Å²) in [6, 6.07) is 7.83. The van der Waals surface area contributed by atoms with Crippen LogP contribution < -0.4 is 5.32 Å². The number of hydrogen-bond donors (Lipinski definition) is 1. The molecule has 24 heavy (non-hydrogen) atoms. The first-order valence-corrected chi connectivity index (χ1v) is 10.4. The van der Waals surface area contributed by atoms with Crippen molar-refractivity contribution in [1.29, 1.82) is 0 Å². The smallest absolute Gasteiger partial charge is 0.243 e. The Balaban J connectivity index is 1.68. The van der Waals surface area contributed by atoms with Crippen LogP contribution in [0.5, 0.6) is 0 Å². The fourth-order valence-electron chi connectivity index (χ4n) is 3.03. The Bertz CT molecular complexity index is 721. The number of sulfonamides is 1. The van der Waals surface area contributed by atoms with Crippen LogP contribution in [0.2, 0.25) is 0 Å². The molecule has 3 rings (SSSR count). The zero-order chi connectivity index (χ0) is 17.2. The summed E-state index contributed by atoms with van der Waals surface area (Å²) in [7, 11) is -3.58. The molecule has 0 saturated carbocycles. The highest BCUT2D eigenvalue weighted by Crippen LogP contribution is 2.25. The molecule has 6 nitrogen and oxygen atoms in total. The fraction of sp³-hybridized carbons (Fsp3) is 0.500. The van der Waals surface area contributed by atoms with Gasteiger partial charge >= 0.3 is 0 Å². The molecule has 0 aliphatic carbocycles. The lowest BCUT2D eigenvalue weighted by Gasteiger charge is -2.31. The van der Waals surface area contributed by atoms with Crippen molar-refractivity contribution in [1.82, 2.24) is 9.62 Å². The largest absolute Gasteiger partial charge is 0.345 e. The minimum Gasteiger partial charge on any atom is -0.345 e. The number of piperidine rings is 1. The molecule has 2 unspecified atom stereocenters. The van der Waals surface area contributed by atoms with Crippen LogP contribution in [0.25, 0.3) is 0 Å². The molecule has 2 fully saturated rings. The molecular weight excluding hydrogens is 348 g/mol. The maximum absolute atomic E-state index is 12.7. The van der Waals surface area contributed by atoms with Crippen LogP contribution in [0, 0.1) is 5.92 Å². The Hall–Kier alpha value is -1.38. The van der Waals surface area contributed by atoms with Gasteiger partial charge in [-0.2, -0.15) is 4.31 Å². The van der Waals surface area contributed by atoms with E-state index < -0.39 is 22.0 Å². The third-order valence-corrected chi connectivity index (χ3v) is 7.28. The normalized spacial score (nSPS) is 25.6. The van der Waals surface area contributed by atoms with Crippen LogP contribution in [-0.2, 0) is 19.6 Å².